The third kappa shape index (κ3) is 3.01. The molecule has 1 saturated heterocycles. The monoisotopic (exact) mass is 282 g/mol. The van der Waals surface area contributed by atoms with Crippen molar-refractivity contribution in [3.05, 3.63) is 23.5 Å². The number of rotatable bonds is 3. The summed E-state index contributed by atoms with van der Waals surface area (Å²) < 4.78 is 23.9. The SMILES string of the molecule is COC(=O)c1cc(NC2(C)CCOCC2)c(F)cc1N. The molecule has 0 aromatic heterocycles. The lowest BCUT2D eigenvalue weighted by Crippen LogP contribution is -2.40. The molecule has 1 aromatic carbocycles. The Balaban J connectivity index is 2.29. The molecule has 0 amide bonds. The molecule has 0 unspecified atom stereocenters. The quantitative estimate of drug-likeness (QED) is 0.656. The third-order valence-electron chi connectivity index (χ3n) is 3.58. The highest BCUT2D eigenvalue weighted by molar-refractivity contribution is 5.96. The van der Waals surface area contributed by atoms with Gasteiger partial charge in [0, 0.05) is 24.4 Å². The van der Waals surface area contributed by atoms with Crippen LogP contribution in [-0.4, -0.2) is 31.8 Å². The minimum atomic E-state index is -0.581. The van der Waals surface area contributed by atoms with Crippen molar-refractivity contribution in [2.24, 2.45) is 0 Å². The van der Waals surface area contributed by atoms with E-state index >= 15 is 0 Å². The van der Waals surface area contributed by atoms with Gasteiger partial charge in [0.25, 0.3) is 0 Å². The molecular weight excluding hydrogens is 263 g/mol. The number of nitrogen functional groups attached to an aromatic ring is 1. The first-order valence-corrected chi connectivity index (χ1v) is 6.48. The van der Waals surface area contributed by atoms with Gasteiger partial charge < -0.3 is 20.5 Å². The number of hydrogen-bond acceptors (Lipinski definition) is 5. The van der Waals surface area contributed by atoms with E-state index in [1.54, 1.807) is 0 Å². The van der Waals surface area contributed by atoms with Gasteiger partial charge in [0.1, 0.15) is 5.82 Å². The molecule has 6 heteroatoms. The maximum absolute atomic E-state index is 14.0. The Morgan fingerprint density at radius 1 is 1.45 bits per heavy atom. The molecule has 0 saturated carbocycles. The van der Waals surface area contributed by atoms with Crippen LogP contribution < -0.4 is 11.1 Å². The first-order valence-electron chi connectivity index (χ1n) is 6.48. The molecule has 0 bridgehead atoms. The summed E-state index contributed by atoms with van der Waals surface area (Å²) in [5.41, 5.74) is 5.86. The Morgan fingerprint density at radius 2 is 2.10 bits per heavy atom. The molecule has 2 rings (SSSR count). The topological polar surface area (TPSA) is 73.6 Å². The lowest BCUT2D eigenvalue weighted by Gasteiger charge is -2.35. The van der Waals surface area contributed by atoms with E-state index in [0.29, 0.717) is 13.2 Å². The molecule has 3 N–H and O–H groups in total. The second-order valence-corrected chi connectivity index (χ2v) is 5.21. The van der Waals surface area contributed by atoms with Crippen molar-refractivity contribution in [2.75, 3.05) is 31.4 Å². The zero-order chi connectivity index (χ0) is 14.8. The minimum absolute atomic E-state index is 0.0667. The van der Waals surface area contributed by atoms with Crippen LogP contribution in [0.4, 0.5) is 15.8 Å². The Kier molecular flexibility index (Phi) is 4.13. The molecule has 0 atom stereocenters. The van der Waals surface area contributed by atoms with E-state index in [9.17, 15) is 9.18 Å². The van der Waals surface area contributed by atoms with E-state index in [1.165, 1.54) is 13.2 Å². The van der Waals surface area contributed by atoms with Crippen molar-refractivity contribution < 1.29 is 18.7 Å². The van der Waals surface area contributed by atoms with Crippen LogP contribution in [0, 0.1) is 5.82 Å². The van der Waals surface area contributed by atoms with Crippen molar-refractivity contribution in [3.63, 3.8) is 0 Å². The van der Waals surface area contributed by atoms with Crippen LogP contribution >= 0.6 is 0 Å². The van der Waals surface area contributed by atoms with E-state index in [2.05, 4.69) is 10.1 Å². The zero-order valence-electron chi connectivity index (χ0n) is 11.7. The molecule has 20 heavy (non-hydrogen) atoms. The summed E-state index contributed by atoms with van der Waals surface area (Å²) in [7, 11) is 1.26. The summed E-state index contributed by atoms with van der Waals surface area (Å²) >= 11 is 0. The summed E-state index contributed by atoms with van der Waals surface area (Å²) in [5, 5.41) is 3.15. The highest BCUT2D eigenvalue weighted by Crippen LogP contribution is 2.29. The average Bonchev–Trinajstić information content (AvgIpc) is 2.41. The van der Waals surface area contributed by atoms with Gasteiger partial charge in [-0.2, -0.15) is 0 Å². The first-order chi connectivity index (χ1) is 9.45. The number of ether oxygens (including phenoxy) is 2. The van der Waals surface area contributed by atoms with Gasteiger partial charge in [-0.1, -0.05) is 0 Å². The maximum Gasteiger partial charge on any atom is 0.340 e. The third-order valence-corrected chi connectivity index (χ3v) is 3.58. The molecule has 1 heterocycles. The second kappa shape index (κ2) is 5.66. The van der Waals surface area contributed by atoms with Crippen LogP contribution in [0.15, 0.2) is 12.1 Å². The number of halogens is 1. The second-order valence-electron chi connectivity index (χ2n) is 5.21. The van der Waals surface area contributed by atoms with E-state index in [4.69, 9.17) is 10.5 Å². The van der Waals surface area contributed by atoms with Gasteiger partial charge in [0.15, 0.2) is 0 Å². The normalized spacial score (nSPS) is 17.6. The Hall–Kier alpha value is -1.82. The first kappa shape index (κ1) is 14.6. The standard InChI is InChI=1S/C14H19FN2O3/c1-14(3-5-20-6-4-14)17-12-7-9(13(18)19-2)11(16)8-10(12)15/h7-8,17H,3-6,16H2,1-2H3. The van der Waals surface area contributed by atoms with Gasteiger partial charge in [0.2, 0.25) is 0 Å². The molecule has 0 radical (unpaired) electrons. The molecule has 1 aromatic rings. The summed E-state index contributed by atoms with van der Waals surface area (Å²) in [4.78, 5) is 11.6. The number of anilines is 2. The predicted octanol–water partition coefficient (Wildman–Crippen LogP) is 2.18. The number of carbonyl (C=O) groups excluding carboxylic acids is 1. The van der Waals surface area contributed by atoms with E-state index in [-0.39, 0.29) is 22.5 Å². The number of carbonyl (C=O) groups is 1. The molecular formula is C14H19FN2O3. The molecule has 5 nitrogen and oxygen atoms in total. The Labute approximate surface area is 117 Å². The van der Waals surface area contributed by atoms with Crippen LogP contribution in [0.2, 0.25) is 0 Å². The van der Waals surface area contributed by atoms with Crippen molar-refractivity contribution in [2.45, 2.75) is 25.3 Å². The van der Waals surface area contributed by atoms with Gasteiger partial charge in [-0.05, 0) is 31.9 Å². The number of methoxy groups -OCH3 is 1. The smallest absolute Gasteiger partial charge is 0.340 e. The van der Waals surface area contributed by atoms with Crippen molar-refractivity contribution >= 4 is 17.3 Å². The van der Waals surface area contributed by atoms with E-state index < -0.39 is 11.8 Å². The molecule has 0 aliphatic carbocycles. The maximum atomic E-state index is 14.0. The van der Waals surface area contributed by atoms with Crippen LogP contribution in [0.25, 0.3) is 0 Å². The summed E-state index contributed by atoms with van der Waals surface area (Å²) in [6.07, 6.45) is 1.54. The summed E-state index contributed by atoms with van der Waals surface area (Å²) in [5.74, 6) is -1.06. The van der Waals surface area contributed by atoms with Crippen LogP contribution in [-0.2, 0) is 9.47 Å². The Morgan fingerprint density at radius 3 is 2.70 bits per heavy atom. The highest BCUT2D eigenvalue weighted by atomic mass is 19.1. The highest BCUT2D eigenvalue weighted by Gasteiger charge is 2.28. The fraction of sp³-hybridized carbons (Fsp3) is 0.500. The lowest BCUT2D eigenvalue weighted by atomic mass is 9.92. The average molecular weight is 282 g/mol. The van der Waals surface area contributed by atoms with Crippen molar-refractivity contribution in [3.8, 4) is 0 Å². The van der Waals surface area contributed by atoms with Gasteiger partial charge in [-0.3, -0.25) is 0 Å². The van der Waals surface area contributed by atoms with E-state index in [1.807, 2.05) is 6.92 Å². The molecule has 1 aliphatic rings. The van der Waals surface area contributed by atoms with Crippen molar-refractivity contribution in [1.29, 1.82) is 0 Å². The zero-order valence-corrected chi connectivity index (χ0v) is 11.7. The van der Waals surface area contributed by atoms with Crippen LogP contribution in [0.1, 0.15) is 30.1 Å². The van der Waals surface area contributed by atoms with Gasteiger partial charge in [-0.25, -0.2) is 9.18 Å². The van der Waals surface area contributed by atoms with Gasteiger partial charge >= 0.3 is 5.97 Å². The van der Waals surface area contributed by atoms with Crippen LogP contribution in [0.3, 0.4) is 0 Å². The fourth-order valence-corrected chi connectivity index (χ4v) is 2.24. The lowest BCUT2D eigenvalue weighted by molar-refractivity contribution is 0.0600. The molecule has 1 aliphatic heterocycles. The van der Waals surface area contributed by atoms with E-state index in [0.717, 1.165) is 18.9 Å². The molecule has 0 spiro atoms. The molecule has 1 fully saturated rings. The van der Waals surface area contributed by atoms with Crippen LogP contribution in [0.5, 0.6) is 0 Å². The number of hydrogen-bond donors (Lipinski definition) is 2. The fourth-order valence-electron chi connectivity index (χ4n) is 2.24. The van der Waals surface area contributed by atoms with Gasteiger partial charge in [0.05, 0.1) is 18.4 Å². The largest absolute Gasteiger partial charge is 0.465 e. The number of nitrogens with one attached hydrogen (secondary N) is 1. The number of benzene rings is 1. The predicted molar refractivity (Wildman–Crippen MR) is 74.2 cm³/mol. The number of esters is 1. The summed E-state index contributed by atoms with van der Waals surface area (Å²) in [6, 6.07) is 2.54. The number of nitrogens with two attached hydrogens (primary N) is 1. The molecule has 110 valence electrons. The minimum Gasteiger partial charge on any atom is -0.465 e. The summed E-state index contributed by atoms with van der Waals surface area (Å²) in [6.45, 7) is 3.26. The van der Waals surface area contributed by atoms with Crippen molar-refractivity contribution in [1.82, 2.24) is 0 Å². The van der Waals surface area contributed by atoms with Gasteiger partial charge in [-0.15, -0.1) is 0 Å². The Bertz CT molecular complexity index is 513.